The van der Waals surface area contributed by atoms with Crippen LogP contribution >= 0.6 is 0 Å². The fourth-order valence-corrected chi connectivity index (χ4v) is 2.10. The molecular weight excluding hydrogens is 246 g/mol. The number of aromatic amines is 2. The highest BCUT2D eigenvalue weighted by molar-refractivity contribution is 5.50. The van der Waals surface area contributed by atoms with Crippen molar-refractivity contribution in [2.75, 3.05) is 24.5 Å². The molecule has 8 nitrogen and oxygen atoms in total. The van der Waals surface area contributed by atoms with Gasteiger partial charge in [-0.3, -0.25) is 9.89 Å². The molecule has 0 bridgehead atoms. The van der Waals surface area contributed by atoms with Gasteiger partial charge in [0.05, 0.1) is 0 Å². The van der Waals surface area contributed by atoms with Gasteiger partial charge in [-0.25, -0.2) is 5.10 Å². The lowest BCUT2D eigenvalue weighted by Gasteiger charge is -2.30. The SMILES string of the molecule is CC1CN(c2n[nH]c(-c3ccc(=O)[nH]n3)n2)CCN1. The van der Waals surface area contributed by atoms with Crippen LogP contribution in [-0.2, 0) is 0 Å². The third kappa shape index (κ3) is 2.48. The van der Waals surface area contributed by atoms with Gasteiger partial charge in [-0.05, 0) is 13.0 Å². The van der Waals surface area contributed by atoms with Crippen LogP contribution in [0.2, 0.25) is 0 Å². The standard InChI is InChI=1S/C11H15N7O/c1-7-6-18(5-4-12-7)11-13-10(16-17-11)8-2-3-9(19)15-14-8/h2-3,7,12H,4-6H2,1H3,(H,15,19)(H,13,16,17). The van der Waals surface area contributed by atoms with Gasteiger partial charge in [0.15, 0.2) is 5.82 Å². The van der Waals surface area contributed by atoms with E-state index in [1.54, 1.807) is 6.07 Å². The first kappa shape index (κ1) is 11.8. The molecule has 0 aliphatic carbocycles. The quantitative estimate of drug-likeness (QED) is 0.664. The van der Waals surface area contributed by atoms with E-state index in [0.717, 1.165) is 19.6 Å². The summed E-state index contributed by atoms with van der Waals surface area (Å²) >= 11 is 0. The van der Waals surface area contributed by atoms with Crippen molar-refractivity contribution in [3.8, 4) is 11.5 Å². The molecular formula is C11H15N7O. The van der Waals surface area contributed by atoms with Crippen molar-refractivity contribution in [1.29, 1.82) is 0 Å². The van der Waals surface area contributed by atoms with Crippen LogP contribution < -0.4 is 15.8 Å². The second kappa shape index (κ2) is 4.81. The van der Waals surface area contributed by atoms with Gasteiger partial charge in [0.25, 0.3) is 5.56 Å². The Morgan fingerprint density at radius 2 is 2.21 bits per heavy atom. The minimum atomic E-state index is -0.237. The van der Waals surface area contributed by atoms with E-state index in [1.807, 2.05) is 0 Å². The van der Waals surface area contributed by atoms with Gasteiger partial charge in [0.2, 0.25) is 5.95 Å². The summed E-state index contributed by atoms with van der Waals surface area (Å²) in [7, 11) is 0. The van der Waals surface area contributed by atoms with Crippen molar-refractivity contribution in [1.82, 2.24) is 30.7 Å². The summed E-state index contributed by atoms with van der Waals surface area (Å²) in [6.45, 7) is 4.79. The Bertz CT molecular complexity index is 599. The van der Waals surface area contributed by atoms with Gasteiger partial charge < -0.3 is 10.2 Å². The first-order valence-corrected chi connectivity index (χ1v) is 6.19. The molecule has 1 aliphatic rings. The van der Waals surface area contributed by atoms with E-state index >= 15 is 0 Å². The molecule has 3 N–H and O–H groups in total. The highest BCUT2D eigenvalue weighted by Gasteiger charge is 2.19. The van der Waals surface area contributed by atoms with Crippen LogP contribution in [0.5, 0.6) is 0 Å². The Hall–Kier alpha value is -2.22. The molecule has 2 aromatic rings. The van der Waals surface area contributed by atoms with E-state index in [2.05, 4.69) is 42.5 Å². The maximum absolute atomic E-state index is 11.0. The zero-order chi connectivity index (χ0) is 13.2. The van der Waals surface area contributed by atoms with E-state index < -0.39 is 0 Å². The number of anilines is 1. The number of piperazine rings is 1. The molecule has 1 saturated heterocycles. The molecule has 3 heterocycles. The molecule has 1 aliphatic heterocycles. The van der Waals surface area contributed by atoms with Crippen molar-refractivity contribution in [2.45, 2.75) is 13.0 Å². The average molecular weight is 261 g/mol. The van der Waals surface area contributed by atoms with E-state index in [9.17, 15) is 4.79 Å². The van der Waals surface area contributed by atoms with Crippen molar-refractivity contribution in [2.24, 2.45) is 0 Å². The predicted molar refractivity (Wildman–Crippen MR) is 69.9 cm³/mol. The van der Waals surface area contributed by atoms with Crippen LogP contribution in [0, 0.1) is 0 Å². The Kier molecular flexibility index (Phi) is 3.00. The number of aromatic nitrogens is 5. The minimum absolute atomic E-state index is 0.237. The van der Waals surface area contributed by atoms with Crippen LogP contribution in [0.15, 0.2) is 16.9 Å². The van der Waals surface area contributed by atoms with Gasteiger partial charge in [0, 0.05) is 31.7 Å². The fraction of sp³-hybridized carbons (Fsp3) is 0.455. The first-order valence-electron chi connectivity index (χ1n) is 6.19. The Labute approximate surface area is 109 Å². The second-order valence-corrected chi connectivity index (χ2v) is 4.59. The predicted octanol–water partition coefficient (Wildman–Crippen LogP) is -0.647. The van der Waals surface area contributed by atoms with Crippen molar-refractivity contribution < 1.29 is 0 Å². The molecule has 1 unspecified atom stereocenters. The van der Waals surface area contributed by atoms with Crippen molar-refractivity contribution in [3.63, 3.8) is 0 Å². The molecule has 0 saturated carbocycles. The summed E-state index contributed by atoms with van der Waals surface area (Å²) < 4.78 is 0. The van der Waals surface area contributed by atoms with E-state index in [-0.39, 0.29) is 5.56 Å². The zero-order valence-electron chi connectivity index (χ0n) is 10.6. The van der Waals surface area contributed by atoms with Crippen LogP contribution in [0.25, 0.3) is 11.5 Å². The molecule has 0 amide bonds. The van der Waals surface area contributed by atoms with E-state index in [4.69, 9.17) is 0 Å². The molecule has 0 spiro atoms. The molecule has 100 valence electrons. The molecule has 0 aromatic carbocycles. The fourth-order valence-electron chi connectivity index (χ4n) is 2.10. The first-order chi connectivity index (χ1) is 9.22. The maximum Gasteiger partial charge on any atom is 0.264 e. The molecule has 1 atom stereocenters. The number of hydrogen-bond donors (Lipinski definition) is 3. The summed E-state index contributed by atoms with van der Waals surface area (Å²) in [4.78, 5) is 17.5. The van der Waals surface area contributed by atoms with Crippen molar-refractivity contribution in [3.05, 3.63) is 22.5 Å². The number of H-pyrrole nitrogens is 2. The van der Waals surface area contributed by atoms with Crippen molar-refractivity contribution >= 4 is 5.95 Å². The molecule has 3 rings (SSSR count). The average Bonchev–Trinajstić information content (AvgIpc) is 2.89. The Morgan fingerprint density at radius 1 is 1.32 bits per heavy atom. The van der Waals surface area contributed by atoms with Gasteiger partial charge in [-0.15, -0.1) is 5.10 Å². The summed E-state index contributed by atoms with van der Waals surface area (Å²) in [6, 6.07) is 3.45. The second-order valence-electron chi connectivity index (χ2n) is 4.59. The van der Waals surface area contributed by atoms with E-state index in [1.165, 1.54) is 6.07 Å². The third-order valence-corrected chi connectivity index (χ3v) is 3.05. The van der Waals surface area contributed by atoms with Gasteiger partial charge in [0.1, 0.15) is 5.69 Å². The highest BCUT2D eigenvalue weighted by Crippen LogP contribution is 2.15. The molecule has 1 fully saturated rings. The summed E-state index contributed by atoms with van der Waals surface area (Å²) in [6.07, 6.45) is 0. The summed E-state index contributed by atoms with van der Waals surface area (Å²) in [5.74, 6) is 1.22. The zero-order valence-corrected chi connectivity index (χ0v) is 10.6. The highest BCUT2D eigenvalue weighted by atomic mass is 16.1. The Balaban J connectivity index is 1.82. The number of hydrogen-bond acceptors (Lipinski definition) is 6. The van der Waals surface area contributed by atoms with Gasteiger partial charge in [-0.1, -0.05) is 0 Å². The summed E-state index contributed by atoms with van der Waals surface area (Å²) in [5, 5.41) is 16.7. The van der Waals surface area contributed by atoms with Crippen LogP contribution in [0.4, 0.5) is 5.95 Å². The molecule has 0 radical (unpaired) electrons. The molecule has 19 heavy (non-hydrogen) atoms. The molecule has 8 heteroatoms. The van der Waals surface area contributed by atoms with E-state index in [0.29, 0.717) is 23.5 Å². The topological polar surface area (TPSA) is 103 Å². The number of rotatable bonds is 2. The van der Waals surface area contributed by atoms with Crippen LogP contribution in [-0.4, -0.2) is 51.1 Å². The number of nitrogens with one attached hydrogen (secondary N) is 3. The van der Waals surface area contributed by atoms with Gasteiger partial charge in [-0.2, -0.15) is 10.1 Å². The monoisotopic (exact) mass is 261 g/mol. The lowest BCUT2D eigenvalue weighted by molar-refractivity contribution is 0.480. The van der Waals surface area contributed by atoms with Gasteiger partial charge >= 0.3 is 0 Å². The lowest BCUT2D eigenvalue weighted by atomic mass is 10.2. The normalized spacial score (nSPS) is 19.6. The van der Waals surface area contributed by atoms with Crippen LogP contribution in [0.1, 0.15) is 6.92 Å². The summed E-state index contributed by atoms with van der Waals surface area (Å²) in [5.41, 5.74) is 0.334. The lowest BCUT2D eigenvalue weighted by Crippen LogP contribution is -2.49. The largest absolute Gasteiger partial charge is 0.337 e. The minimum Gasteiger partial charge on any atom is -0.337 e. The van der Waals surface area contributed by atoms with Crippen LogP contribution in [0.3, 0.4) is 0 Å². The third-order valence-electron chi connectivity index (χ3n) is 3.05. The Morgan fingerprint density at radius 3 is 2.95 bits per heavy atom. The smallest absolute Gasteiger partial charge is 0.264 e. The number of nitrogens with zero attached hydrogens (tertiary/aromatic N) is 4. The molecule has 2 aromatic heterocycles. The maximum atomic E-state index is 11.0.